The smallest absolute Gasteiger partial charge is 0.0892 e. The van der Waals surface area contributed by atoms with Crippen LogP contribution in [0.15, 0.2) is 11.1 Å². The molecule has 0 aromatic heterocycles. The highest BCUT2D eigenvalue weighted by atomic mass is 35.5. The molecular formula is C6H9ClO. The van der Waals surface area contributed by atoms with Gasteiger partial charge in [0.05, 0.1) is 6.10 Å². The van der Waals surface area contributed by atoms with Crippen LogP contribution in [-0.2, 0) is 0 Å². The van der Waals surface area contributed by atoms with Crippen molar-refractivity contribution in [1.82, 2.24) is 0 Å². The Bertz CT molecular complexity index is 109. The third-order valence-corrected chi connectivity index (χ3v) is 1.75. The van der Waals surface area contributed by atoms with E-state index in [1.54, 1.807) is 0 Å². The van der Waals surface area contributed by atoms with Crippen LogP contribution in [0.4, 0.5) is 0 Å². The van der Waals surface area contributed by atoms with E-state index in [1.807, 2.05) is 6.08 Å². The third kappa shape index (κ3) is 1.23. The summed E-state index contributed by atoms with van der Waals surface area (Å²) in [4.78, 5) is 0. The van der Waals surface area contributed by atoms with Crippen LogP contribution in [0.2, 0.25) is 0 Å². The summed E-state index contributed by atoms with van der Waals surface area (Å²) in [5.41, 5.74) is 0. The maximum Gasteiger partial charge on any atom is 0.0892 e. The van der Waals surface area contributed by atoms with Gasteiger partial charge in [0.1, 0.15) is 0 Å². The lowest BCUT2D eigenvalue weighted by Crippen LogP contribution is -2.09. The fourth-order valence-electron chi connectivity index (χ4n) is 0.825. The summed E-state index contributed by atoms with van der Waals surface area (Å²) in [7, 11) is 0. The van der Waals surface area contributed by atoms with E-state index in [2.05, 4.69) is 0 Å². The van der Waals surface area contributed by atoms with Crippen molar-refractivity contribution < 1.29 is 5.11 Å². The van der Waals surface area contributed by atoms with Gasteiger partial charge in [-0.3, -0.25) is 0 Å². The second kappa shape index (κ2) is 2.51. The van der Waals surface area contributed by atoms with Crippen molar-refractivity contribution >= 4 is 11.6 Å². The maximum atomic E-state index is 8.98. The average molecular weight is 133 g/mol. The number of halogens is 1. The number of aliphatic hydroxyl groups is 1. The monoisotopic (exact) mass is 132 g/mol. The van der Waals surface area contributed by atoms with Crippen molar-refractivity contribution in [3.63, 3.8) is 0 Å². The van der Waals surface area contributed by atoms with E-state index in [0.29, 0.717) is 5.03 Å². The van der Waals surface area contributed by atoms with Crippen LogP contribution in [0.5, 0.6) is 0 Å². The summed E-state index contributed by atoms with van der Waals surface area (Å²) in [5, 5.41) is 9.60. The van der Waals surface area contributed by atoms with Gasteiger partial charge in [0.25, 0.3) is 0 Å². The van der Waals surface area contributed by atoms with E-state index in [-0.39, 0.29) is 6.10 Å². The summed E-state index contributed by atoms with van der Waals surface area (Å²) in [6.45, 7) is 0. The van der Waals surface area contributed by atoms with Gasteiger partial charge < -0.3 is 5.11 Å². The molecule has 1 unspecified atom stereocenters. The summed E-state index contributed by atoms with van der Waals surface area (Å²) in [6, 6.07) is 0. The van der Waals surface area contributed by atoms with Gasteiger partial charge in [0.2, 0.25) is 0 Å². The molecule has 1 aliphatic rings. The van der Waals surface area contributed by atoms with E-state index in [0.717, 1.165) is 19.3 Å². The van der Waals surface area contributed by atoms with E-state index < -0.39 is 0 Å². The quantitative estimate of drug-likeness (QED) is 0.532. The zero-order valence-electron chi connectivity index (χ0n) is 4.60. The van der Waals surface area contributed by atoms with E-state index in [1.165, 1.54) is 0 Å². The molecule has 1 rings (SSSR count). The van der Waals surface area contributed by atoms with Gasteiger partial charge >= 0.3 is 0 Å². The molecule has 0 aliphatic heterocycles. The summed E-state index contributed by atoms with van der Waals surface area (Å²) < 4.78 is 0. The first-order valence-electron chi connectivity index (χ1n) is 2.84. The lowest BCUT2D eigenvalue weighted by molar-refractivity contribution is 0.199. The second-order valence-electron chi connectivity index (χ2n) is 2.04. The summed E-state index contributed by atoms with van der Waals surface area (Å²) in [5.74, 6) is 0. The molecule has 8 heavy (non-hydrogen) atoms. The topological polar surface area (TPSA) is 20.2 Å². The lowest BCUT2D eigenvalue weighted by atomic mass is 10.1. The molecule has 1 N–H and O–H groups in total. The van der Waals surface area contributed by atoms with Gasteiger partial charge in [0.15, 0.2) is 0 Å². The predicted octanol–water partition coefficient (Wildman–Crippen LogP) is 1.65. The standard InChI is InChI=1S/C6H9ClO/c7-5-3-1-2-4-6(5)8/h3,6,8H,1-2,4H2. The highest BCUT2D eigenvalue weighted by molar-refractivity contribution is 6.30. The molecule has 0 saturated carbocycles. The highest BCUT2D eigenvalue weighted by Crippen LogP contribution is 2.20. The van der Waals surface area contributed by atoms with E-state index in [9.17, 15) is 0 Å². The molecule has 1 atom stereocenters. The molecule has 2 heteroatoms. The molecule has 1 nitrogen and oxygen atoms in total. The number of aliphatic hydroxyl groups excluding tert-OH is 1. The van der Waals surface area contributed by atoms with Crippen LogP contribution in [0.3, 0.4) is 0 Å². The normalized spacial score (nSPS) is 29.8. The van der Waals surface area contributed by atoms with Gasteiger partial charge in [-0.2, -0.15) is 0 Å². The van der Waals surface area contributed by atoms with Gasteiger partial charge in [-0.1, -0.05) is 17.7 Å². The molecule has 0 heterocycles. The van der Waals surface area contributed by atoms with Crippen LogP contribution in [0.1, 0.15) is 19.3 Å². The Balaban J connectivity index is 2.53. The third-order valence-electron chi connectivity index (χ3n) is 1.34. The molecule has 0 spiro atoms. The lowest BCUT2D eigenvalue weighted by Gasteiger charge is -2.12. The Morgan fingerprint density at radius 3 is 2.88 bits per heavy atom. The first kappa shape index (κ1) is 6.12. The number of allylic oxidation sites excluding steroid dienone is 1. The second-order valence-corrected chi connectivity index (χ2v) is 2.47. The minimum absolute atomic E-state index is 0.370. The molecular weight excluding hydrogens is 124 g/mol. The van der Waals surface area contributed by atoms with E-state index >= 15 is 0 Å². The zero-order chi connectivity index (χ0) is 5.98. The molecule has 0 bridgehead atoms. The van der Waals surface area contributed by atoms with Crippen molar-refractivity contribution in [2.75, 3.05) is 0 Å². The number of hydrogen-bond acceptors (Lipinski definition) is 1. The highest BCUT2D eigenvalue weighted by Gasteiger charge is 2.10. The van der Waals surface area contributed by atoms with Crippen molar-refractivity contribution in [2.24, 2.45) is 0 Å². The molecule has 0 aromatic carbocycles. The Labute approximate surface area is 54.0 Å². The van der Waals surface area contributed by atoms with Gasteiger partial charge in [0, 0.05) is 5.03 Å². The van der Waals surface area contributed by atoms with Crippen molar-refractivity contribution in [3.05, 3.63) is 11.1 Å². The maximum absolute atomic E-state index is 8.98. The fourth-order valence-corrected chi connectivity index (χ4v) is 1.04. The Hall–Kier alpha value is -0.0100. The van der Waals surface area contributed by atoms with E-state index in [4.69, 9.17) is 16.7 Å². The Kier molecular flexibility index (Phi) is 1.92. The minimum atomic E-state index is -0.370. The van der Waals surface area contributed by atoms with Crippen molar-refractivity contribution in [3.8, 4) is 0 Å². The van der Waals surface area contributed by atoms with Crippen molar-refractivity contribution in [1.29, 1.82) is 0 Å². The van der Waals surface area contributed by atoms with Gasteiger partial charge in [-0.25, -0.2) is 0 Å². The molecule has 0 radical (unpaired) electrons. The predicted molar refractivity (Wildman–Crippen MR) is 33.8 cm³/mol. The molecule has 0 aromatic rings. The van der Waals surface area contributed by atoms with Crippen LogP contribution in [0.25, 0.3) is 0 Å². The Morgan fingerprint density at radius 1 is 1.75 bits per heavy atom. The van der Waals surface area contributed by atoms with Gasteiger partial charge in [-0.15, -0.1) is 0 Å². The average Bonchev–Trinajstić information content (AvgIpc) is 1.77. The molecule has 0 fully saturated rings. The van der Waals surface area contributed by atoms with Crippen LogP contribution in [0, 0.1) is 0 Å². The SMILES string of the molecule is OC1CCCC=C1Cl. The van der Waals surface area contributed by atoms with Crippen LogP contribution < -0.4 is 0 Å². The Morgan fingerprint density at radius 2 is 2.50 bits per heavy atom. The fraction of sp³-hybridized carbons (Fsp3) is 0.667. The largest absolute Gasteiger partial charge is 0.388 e. The van der Waals surface area contributed by atoms with Crippen molar-refractivity contribution in [2.45, 2.75) is 25.4 Å². The minimum Gasteiger partial charge on any atom is -0.388 e. The molecule has 1 aliphatic carbocycles. The molecule has 46 valence electrons. The zero-order valence-corrected chi connectivity index (χ0v) is 5.36. The van der Waals surface area contributed by atoms with Gasteiger partial charge in [-0.05, 0) is 19.3 Å². The first-order valence-corrected chi connectivity index (χ1v) is 3.22. The molecule has 0 saturated heterocycles. The summed E-state index contributed by atoms with van der Waals surface area (Å²) >= 11 is 5.58. The number of rotatable bonds is 0. The summed E-state index contributed by atoms with van der Waals surface area (Å²) in [6.07, 6.45) is 4.43. The number of hydrogen-bond donors (Lipinski definition) is 1. The first-order chi connectivity index (χ1) is 3.80. The molecule has 0 amide bonds. The van der Waals surface area contributed by atoms with Crippen LogP contribution in [-0.4, -0.2) is 11.2 Å². The van der Waals surface area contributed by atoms with Crippen LogP contribution >= 0.6 is 11.6 Å².